The quantitative estimate of drug-likeness (QED) is 0.345. The van der Waals surface area contributed by atoms with Crippen molar-refractivity contribution in [2.45, 2.75) is 24.6 Å². The van der Waals surface area contributed by atoms with Gasteiger partial charge in [0.1, 0.15) is 14.0 Å². The Bertz CT molecular complexity index is 504. The summed E-state index contributed by atoms with van der Waals surface area (Å²) in [5.74, 6) is 0. The predicted molar refractivity (Wildman–Crippen MR) is 68.6 cm³/mol. The van der Waals surface area contributed by atoms with E-state index >= 15 is 0 Å². The largest absolute Gasteiger partial charge is 0.488 e. The van der Waals surface area contributed by atoms with E-state index in [4.69, 9.17) is 31.8 Å². The minimum Gasteiger partial charge on any atom is -0.390 e. The van der Waals surface area contributed by atoms with Crippen LogP contribution < -0.4 is 0 Å². The van der Waals surface area contributed by atoms with Gasteiger partial charge in [0.25, 0.3) is 0 Å². The second kappa shape index (κ2) is 6.90. The molecule has 0 spiro atoms. The van der Waals surface area contributed by atoms with Crippen LogP contribution in [-0.4, -0.2) is 59.1 Å². The summed E-state index contributed by atoms with van der Waals surface area (Å²) >= 11 is 0. The first-order chi connectivity index (χ1) is 9.30. The maximum Gasteiger partial charge on any atom is 0.488 e. The van der Waals surface area contributed by atoms with E-state index in [1.807, 2.05) is 0 Å². The SMILES string of the molecule is [B]C1CC(O)C(COP(C)(=O)OP(=O)(O)OP(=O)(O)O)O1. The first-order valence-corrected chi connectivity index (χ1v) is 10.4. The van der Waals surface area contributed by atoms with Crippen molar-refractivity contribution in [2.24, 2.45) is 0 Å². The number of hydrogen-bond acceptors (Lipinski definition) is 8. The van der Waals surface area contributed by atoms with Crippen molar-refractivity contribution in [1.82, 2.24) is 0 Å². The summed E-state index contributed by atoms with van der Waals surface area (Å²) in [5.41, 5.74) is 0. The molecule has 4 N–H and O–H groups in total. The highest BCUT2D eigenvalue weighted by Gasteiger charge is 2.40. The molecule has 15 heteroatoms. The normalized spacial score (nSPS) is 32.5. The van der Waals surface area contributed by atoms with Gasteiger partial charge in [-0.25, -0.2) is 13.4 Å². The average Bonchev–Trinajstić information content (AvgIpc) is 2.48. The lowest BCUT2D eigenvalue weighted by Crippen LogP contribution is -2.26. The Kier molecular flexibility index (Phi) is 6.41. The molecule has 1 aliphatic heterocycles. The van der Waals surface area contributed by atoms with Crippen molar-refractivity contribution in [1.29, 1.82) is 0 Å². The molecule has 11 nitrogen and oxygen atoms in total. The van der Waals surface area contributed by atoms with Crippen LogP contribution in [0.1, 0.15) is 6.42 Å². The first kappa shape index (κ1) is 19.5. The Hall–Kier alpha value is 0.435. The Balaban J connectivity index is 2.56. The van der Waals surface area contributed by atoms with Crippen LogP contribution in [0.5, 0.6) is 0 Å². The Morgan fingerprint density at radius 2 is 1.81 bits per heavy atom. The van der Waals surface area contributed by atoms with E-state index in [-0.39, 0.29) is 6.42 Å². The molecule has 122 valence electrons. The van der Waals surface area contributed by atoms with Gasteiger partial charge in [0, 0.05) is 12.7 Å². The molecule has 1 aliphatic rings. The van der Waals surface area contributed by atoms with Gasteiger partial charge in [-0.05, 0) is 6.42 Å². The van der Waals surface area contributed by atoms with Gasteiger partial charge in [0.05, 0.1) is 12.7 Å². The van der Waals surface area contributed by atoms with Crippen LogP contribution >= 0.6 is 23.2 Å². The van der Waals surface area contributed by atoms with Crippen LogP contribution in [0.2, 0.25) is 0 Å². The second-order valence-corrected chi connectivity index (χ2v) is 9.23. The second-order valence-electron chi connectivity index (χ2n) is 4.21. The predicted octanol–water partition coefficient (Wildman–Crippen LogP) is -0.303. The van der Waals surface area contributed by atoms with Gasteiger partial charge >= 0.3 is 23.2 Å². The molecular weight excluding hydrogens is 352 g/mol. The number of phosphoric acid groups is 2. The van der Waals surface area contributed by atoms with E-state index in [1.165, 1.54) is 0 Å². The van der Waals surface area contributed by atoms with Crippen LogP contribution in [0, 0.1) is 0 Å². The average molecular weight is 366 g/mol. The Morgan fingerprint density at radius 3 is 2.24 bits per heavy atom. The number of aliphatic hydroxyl groups excluding tert-OH is 1. The maximum absolute atomic E-state index is 11.8. The van der Waals surface area contributed by atoms with Crippen LogP contribution in [0.3, 0.4) is 0 Å². The third-order valence-corrected chi connectivity index (χ3v) is 6.49. The molecule has 21 heavy (non-hydrogen) atoms. The summed E-state index contributed by atoms with van der Waals surface area (Å²) in [6.07, 6.45) is -1.77. The van der Waals surface area contributed by atoms with Gasteiger partial charge in [-0.3, -0.25) is 4.57 Å². The molecule has 1 rings (SSSR count). The molecule has 1 fully saturated rings. The van der Waals surface area contributed by atoms with Crippen molar-refractivity contribution in [3.63, 3.8) is 0 Å². The van der Waals surface area contributed by atoms with Crippen LogP contribution in [0.4, 0.5) is 0 Å². The zero-order chi connectivity index (χ0) is 16.5. The van der Waals surface area contributed by atoms with Crippen molar-refractivity contribution < 1.29 is 51.4 Å². The molecule has 0 aromatic rings. The van der Waals surface area contributed by atoms with E-state index in [1.54, 1.807) is 0 Å². The number of rotatable bonds is 7. The summed E-state index contributed by atoms with van der Waals surface area (Å²) in [6, 6.07) is -0.729. The van der Waals surface area contributed by atoms with Crippen molar-refractivity contribution in [2.75, 3.05) is 13.3 Å². The lowest BCUT2D eigenvalue weighted by molar-refractivity contribution is 0.000613. The monoisotopic (exact) mass is 366 g/mol. The standard InChI is InChI=1S/C6H14BO11P3/c1-19(9,17-21(13,14)18-20(10,11)12)15-3-5-4(8)2-6(7)16-5/h4-6,8H,2-3H2,1H3,(H,13,14)(H2,10,11,12). The first-order valence-electron chi connectivity index (χ1n) is 5.42. The van der Waals surface area contributed by atoms with Crippen LogP contribution in [-0.2, 0) is 31.6 Å². The molecule has 5 unspecified atom stereocenters. The van der Waals surface area contributed by atoms with Crippen molar-refractivity contribution in [3.8, 4) is 0 Å². The highest BCUT2D eigenvalue weighted by Crippen LogP contribution is 2.66. The summed E-state index contributed by atoms with van der Waals surface area (Å²) in [5, 5.41) is 9.49. The molecule has 0 saturated carbocycles. The molecule has 1 saturated heterocycles. The highest BCUT2D eigenvalue weighted by molar-refractivity contribution is 7.68. The number of hydrogen-bond donors (Lipinski definition) is 4. The Labute approximate surface area is 121 Å². The van der Waals surface area contributed by atoms with Crippen molar-refractivity contribution in [3.05, 3.63) is 0 Å². The zero-order valence-electron chi connectivity index (χ0n) is 10.7. The smallest absolute Gasteiger partial charge is 0.390 e. The van der Waals surface area contributed by atoms with E-state index < -0.39 is 48.1 Å². The topological polar surface area (TPSA) is 169 Å². The van der Waals surface area contributed by atoms with Gasteiger partial charge in [-0.2, -0.15) is 4.31 Å². The fourth-order valence-corrected chi connectivity index (χ4v) is 5.05. The molecule has 0 bridgehead atoms. The molecule has 2 radical (unpaired) electrons. The lowest BCUT2D eigenvalue weighted by atomic mass is 9.96. The zero-order valence-corrected chi connectivity index (χ0v) is 13.4. The molecule has 0 aliphatic carbocycles. The minimum atomic E-state index is -5.33. The van der Waals surface area contributed by atoms with Crippen LogP contribution in [0.25, 0.3) is 0 Å². The molecule has 0 aromatic heterocycles. The van der Waals surface area contributed by atoms with E-state index in [2.05, 4.69) is 8.62 Å². The molecule has 0 amide bonds. The van der Waals surface area contributed by atoms with Crippen molar-refractivity contribution >= 4 is 31.1 Å². The Morgan fingerprint density at radius 1 is 1.24 bits per heavy atom. The fourth-order valence-electron chi connectivity index (χ4n) is 1.48. The van der Waals surface area contributed by atoms with Gasteiger partial charge in [0.15, 0.2) is 0 Å². The summed E-state index contributed by atoms with van der Waals surface area (Å²) in [4.78, 5) is 25.8. The van der Waals surface area contributed by atoms with E-state index in [0.717, 1.165) is 6.66 Å². The van der Waals surface area contributed by atoms with Gasteiger partial charge in [0.2, 0.25) is 0 Å². The molecular formula is C6H14BO11P3. The number of ether oxygens (including phenoxy) is 1. The molecule has 5 atom stereocenters. The fraction of sp³-hybridized carbons (Fsp3) is 1.00. The van der Waals surface area contributed by atoms with Crippen LogP contribution in [0.15, 0.2) is 0 Å². The summed E-state index contributed by atoms with van der Waals surface area (Å²) in [6.45, 7) is 0.304. The van der Waals surface area contributed by atoms with E-state index in [9.17, 15) is 18.8 Å². The highest BCUT2D eigenvalue weighted by atomic mass is 31.3. The number of aliphatic hydroxyl groups is 1. The maximum atomic E-state index is 11.8. The van der Waals surface area contributed by atoms with Gasteiger partial charge < -0.3 is 29.0 Å². The summed E-state index contributed by atoms with van der Waals surface area (Å²) in [7, 11) is -9.45. The minimum absolute atomic E-state index is 0.128. The third kappa shape index (κ3) is 7.50. The summed E-state index contributed by atoms with van der Waals surface area (Å²) < 4.78 is 50.7. The van der Waals surface area contributed by atoms with E-state index in [0.29, 0.717) is 0 Å². The molecule has 1 heterocycles. The lowest BCUT2D eigenvalue weighted by Gasteiger charge is -2.20. The third-order valence-electron chi connectivity index (χ3n) is 2.19. The molecule has 0 aromatic carbocycles. The van der Waals surface area contributed by atoms with Gasteiger partial charge in [-0.15, -0.1) is 0 Å². The van der Waals surface area contributed by atoms with Gasteiger partial charge in [-0.1, -0.05) is 0 Å².